The van der Waals surface area contributed by atoms with Crippen molar-refractivity contribution in [3.8, 4) is 24.2 Å². The Balaban J connectivity index is 2.51. The number of benzene rings is 1. The molecular weight excluding hydrogens is 200 g/mol. The highest BCUT2D eigenvalue weighted by molar-refractivity contribution is 5.33. The first-order valence-electron chi connectivity index (χ1n) is 5.10. The van der Waals surface area contributed by atoms with Crippen molar-refractivity contribution < 1.29 is 4.74 Å². The van der Waals surface area contributed by atoms with Crippen LogP contribution >= 0.6 is 0 Å². The predicted octanol–water partition coefficient (Wildman–Crippen LogP) is 1.70. The molecule has 0 aliphatic carbocycles. The highest BCUT2D eigenvalue weighted by atomic mass is 16.5. The molecule has 16 heavy (non-hydrogen) atoms. The van der Waals surface area contributed by atoms with E-state index < -0.39 is 0 Å². The molecule has 0 unspecified atom stereocenters. The van der Waals surface area contributed by atoms with Crippen molar-refractivity contribution in [3.63, 3.8) is 0 Å². The zero-order valence-electron chi connectivity index (χ0n) is 9.07. The van der Waals surface area contributed by atoms with Gasteiger partial charge in [0.2, 0.25) is 0 Å². The molecule has 3 heteroatoms. The monoisotopic (exact) mass is 214 g/mol. The molecular formula is C13H14N2O. The maximum Gasteiger partial charge on any atom is 0.174 e. The van der Waals surface area contributed by atoms with E-state index in [1.165, 1.54) is 0 Å². The van der Waals surface area contributed by atoms with E-state index >= 15 is 0 Å². The summed E-state index contributed by atoms with van der Waals surface area (Å²) in [6.45, 7) is 1.55. The zero-order chi connectivity index (χ0) is 11.6. The van der Waals surface area contributed by atoms with Crippen molar-refractivity contribution in [3.05, 3.63) is 29.8 Å². The molecule has 0 aliphatic rings. The van der Waals surface area contributed by atoms with Crippen LogP contribution in [0.25, 0.3) is 0 Å². The first-order chi connectivity index (χ1) is 7.88. The Labute approximate surface area is 96.0 Å². The maximum atomic E-state index is 8.45. The molecule has 0 aromatic heterocycles. The van der Waals surface area contributed by atoms with Gasteiger partial charge in [0.15, 0.2) is 6.61 Å². The molecule has 0 amide bonds. The van der Waals surface area contributed by atoms with Crippen molar-refractivity contribution in [2.75, 3.05) is 13.2 Å². The van der Waals surface area contributed by atoms with E-state index in [4.69, 9.17) is 16.4 Å². The van der Waals surface area contributed by atoms with Gasteiger partial charge in [-0.05, 0) is 6.07 Å². The van der Waals surface area contributed by atoms with Gasteiger partial charge in [-0.2, -0.15) is 5.26 Å². The lowest BCUT2D eigenvalue weighted by Crippen LogP contribution is -2.15. The van der Waals surface area contributed by atoms with E-state index in [2.05, 4.69) is 11.2 Å². The molecule has 0 saturated carbocycles. The number of terminal acetylenes is 1. The van der Waals surface area contributed by atoms with Crippen LogP contribution in [0.4, 0.5) is 0 Å². The molecule has 0 radical (unpaired) electrons. The summed E-state index contributed by atoms with van der Waals surface area (Å²) >= 11 is 0. The smallest absolute Gasteiger partial charge is 0.174 e. The highest BCUT2D eigenvalue weighted by Crippen LogP contribution is 2.17. The third-order valence-corrected chi connectivity index (χ3v) is 2.03. The lowest BCUT2D eigenvalue weighted by atomic mass is 10.2. The maximum absolute atomic E-state index is 8.45. The molecule has 1 N–H and O–H groups in total. The Morgan fingerprint density at radius 2 is 2.19 bits per heavy atom. The quantitative estimate of drug-likeness (QED) is 0.579. The van der Waals surface area contributed by atoms with Crippen LogP contribution in [0.15, 0.2) is 24.3 Å². The van der Waals surface area contributed by atoms with E-state index in [-0.39, 0.29) is 6.61 Å². The third kappa shape index (κ3) is 4.04. The molecule has 0 aliphatic heterocycles. The predicted molar refractivity (Wildman–Crippen MR) is 62.7 cm³/mol. The molecule has 0 saturated heterocycles. The first kappa shape index (κ1) is 12.1. The number of nitriles is 1. The van der Waals surface area contributed by atoms with Crippen LogP contribution in [-0.4, -0.2) is 13.2 Å². The molecule has 82 valence electrons. The molecule has 0 spiro atoms. The summed E-state index contributed by atoms with van der Waals surface area (Å²) < 4.78 is 5.30. The number of rotatable bonds is 6. The highest BCUT2D eigenvalue weighted by Gasteiger charge is 2.01. The van der Waals surface area contributed by atoms with E-state index in [1.54, 1.807) is 0 Å². The Hall–Kier alpha value is -1.97. The Morgan fingerprint density at radius 3 is 2.94 bits per heavy atom. The van der Waals surface area contributed by atoms with Crippen LogP contribution in [0.2, 0.25) is 0 Å². The van der Waals surface area contributed by atoms with Crippen molar-refractivity contribution in [1.82, 2.24) is 5.32 Å². The van der Waals surface area contributed by atoms with Crippen molar-refractivity contribution in [2.24, 2.45) is 0 Å². The minimum absolute atomic E-state index is 0.0708. The van der Waals surface area contributed by atoms with Crippen LogP contribution in [0.3, 0.4) is 0 Å². The average Bonchev–Trinajstić information content (AvgIpc) is 2.33. The van der Waals surface area contributed by atoms with E-state index in [0.29, 0.717) is 13.0 Å². The lowest BCUT2D eigenvalue weighted by molar-refractivity contribution is 0.362. The van der Waals surface area contributed by atoms with E-state index in [9.17, 15) is 0 Å². The normalized spacial score (nSPS) is 9.12. The fourth-order valence-electron chi connectivity index (χ4n) is 1.28. The van der Waals surface area contributed by atoms with Crippen LogP contribution in [0.5, 0.6) is 5.75 Å². The van der Waals surface area contributed by atoms with Gasteiger partial charge in [0.1, 0.15) is 11.8 Å². The summed E-state index contributed by atoms with van der Waals surface area (Å²) in [7, 11) is 0. The summed E-state index contributed by atoms with van der Waals surface area (Å²) in [6.07, 6.45) is 5.86. The number of para-hydroxylation sites is 1. The summed E-state index contributed by atoms with van der Waals surface area (Å²) in [5, 5.41) is 11.7. The van der Waals surface area contributed by atoms with Gasteiger partial charge < -0.3 is 10.1 Å². The van der Waals surface area contributed by atoms with Crippen molar-refractivity contribution in [1.29, 1.82) is 5.26 Å². The molecule has 0 bridgehead atoms. The molecule has 1 aromatic rings. The molecule has 0 atom stereocenters. The first-order valence-corrected chi connectivity index (χ1v) is 5.10. The van der Waals surface area contributed by atoms with Crippen LogP contribution in [0.1, 0.15) is 12.0 Å². The Morgan fingerprint density at radius 1 is 1.38 bits per heavy atom. The molecule has 1 rings (SSSR count). The summed E-state index contributed by atoms with van der Waals surface area (Å²) in [4.78, 5) is 0. The molecule has 0 heterocycles. The third-order valence-electron chi connectivity index (χ3n) is 2.03. The van der Waals surface area contributed by atoms with Gasteiger partial charge in [-0.15, -0.1) is 12.3 Å². The van der Waals surface area contributed by atoms with Gasteiger partial charge in [0.25, 0.3) is 0 Å². The van der Waals surface area contributed by atoms with Crippen LogP contribution in [0, 0.1) is 23.7 Å². The summed E-state index contributed by atoms with van der Waals surface area (Å²) in [6, 6.07) is 9.60. The lowest BCUT2D eigenvalue weighted by Gasteiger charge is -2.09. The SMILES string of the molecule is C#CCCNCc1ccccc1OCC#N. The van der Waals surface area contributed by atoms with Gasteiger partial charge in [-0.3, -0.25) is 0 Å². The second kappa shape index (κ2) is 7.34. The second-order valence-corrected chi connectivity index (χ2v) is 3.19. The van der Waals surface area contributed by atoms with Crippen molar-refractivity contribution in [2.45, 2.75) is 13.0 Å². The number of nitrogens with one attached hydrogen (secondary N) is 1. The van der Waals surface area contributed by atoms with Crippen molar-refractivity contribution >= 4 is 0 Å². The number of hydrogen-bond donors (Lipinski definition) is 1. The fraction of sp³-hybridized carbons (Fsp3) is 0.308. The number of ether oxygens (including phenoxy) is 1. The van der Waals surface area contributed by atoms with Gasteiger partial charge in [-0.1, -0.05) is 18.2 Å². The minimum Gasteiger partial charge on any atom is -0.478 e. The van der Waals surface area contributed by atoms with Crippen LogP contribution in [-0.2, 0) is 6.54 Å². The van der Waals surface area contributed by atoms with Gasteiger partial charge in [0.05, 0.1) is 0 Å². The van der Waals surface area contributed by atoms with Gasteiger partial charge >= 0.3 is 0 Å². The molecule has 0 fully saturated rings. The van der Waals surface area contributed by atoms with Gasteiger partial charge in [0, 0.05) is 25.1 Å². The Kier molecular flexibility index (Phi) is 5.55. The van der Waals surface area contributed by atoms with E-state index in [1.807, 2.05) is 30.3 Å². The zero-order valence-corrected chi connectivity index (χ0v) is 9.07. The number of hydrogen-bond acceptors (Lipinski definition) is 3. The summed E-state index contributed by atoms with van der Waals surface area (Å²) in [5.41, 5.74) is 1.04. The van der Waals surface area contributed by atoms with Gasteiger partial charge in [-0.25, -0.2) is 0 Å². The van der Waals surface area contributed by atoms with E-state index in [0.717, 1.165) is 17.9 Å². The summed E-state index contributed by atoms with van der Waals surface area (Å²) in [5.74, 6) is 3.31. The average molecular weight is 214 g/mol. The number of nitrogens with zero attached hydrogens (tertiary/aromatic N) is 1. The topological polar surface area (TPSA) is 45.0 Å². The van der Waals surface area contributed by atoms with Crippen LogP contribution < -0.4 is 10.1 Å². The standard InChI is InChI=1S/C13H14N2O/c1-2-3-9-15-11-12-6-4-5-7-13(12)16-10-8-14/h1,4-7,15H,3,9-11H2. The molecule has 1 aromatic carbocycles. The fourth-order valence-corrected chi connectivity index (χ4v) is 1.28. The Bertz CT molecular complexity index is 401. The second-order valence-electron chi connectivity index (χ2n) is 3.19. The largest absolute Gasteiger partial charge is 0.478 e. The minimum atomic E-state index is 0.0708. The molecule has 3 nitrogen and oxygen atoms in total.